The molecule has 0 radical (unpaired) electrons. The van der Waals surface area contributed by atoms with E-state index in [9.17, 15) is 28.5 Å². The minimum Gasteiger partial charge on any atom is -0.393 e. The fourth-order valence-electron chi connectivity index (χ4n) is 8.07. The second-order valence-corrected chi connectivity index (χ2v) is 11.8. The van der Waals surface area contributed by atoms with Crippen LogP contribution in [0.15, 0.2) is 0 Å². The number of carbonyl (C=O) groups excluding carboxylic acids is 1. The molecule has 0 saturated heterocycles. The molecule has 0 aromatic rings. The monoisotopic (exact) mass is 446 g/mol. The van der Waals surface area contributed by atoms with Crippen molar-refractivity contribution >= 4 is 16.2 Å². The Balaban J connectivity index is 1.61. The summed E-state index contributed by atoms with van der Waals surface area (Å²) >= 11 is 0. The Labute approximate surface area is 178 Å². The van der Waals surface area contributed by atoms with Crippen LogP contribution < -0.4 is 0 Å². The Hall–Kier alpha value is -0.580. The second kappa shape index (κ2) is 7.22. The highest BCUT2D eigenvalue weighted by atomic mass is 32.3. The van der Waals surface area contributed by atoms with Crippen molar-refractivity contribution in [1.82, 2.24) is 0 Å². The summed E-state index contributed by atoms with van der Waals surface area (Å²) in [5, 5.41) is 32.9. The highest BCUT2D eigenvalue weighted by molar-refractivity contribution is 7.80. The average Bonchev–Trinajstić information content (AvgIpc) is 2.91. The summed E-state index contributed by atoms with van der Waals surface area (Å²) in [5.74, 6) is -0.133. The minimum atomic E-state index is -4.78. The van der Waals surface area contributed by atoms with Gasteiger partial charge in [-0.1, -0.05) is 13.8 Å². The van der Waals surface area contributed by atoms with Gasteiger partial charge in [0.1, 0.15) is 12.2 Å². The van der Waals surface area contributed by atoms with Crippen LogP contribution in [0, 0.1) is 34.5 Å². The van der Waals surface area contributed by atoms with Gasteiger partial charge < -0.3 is 15.3 Å². The molecular formula is C21H34O8S. The molecular weight excluding hydrogens is 412 g/mol. The van der Waals surface area contributed by atoms with E-state index in [4.69, 9.17) is 4.55 Å². The van der Waals surface area contributed by atoms with E-state index in [2.05, 4.69) is 11.1 Å². The molecule has 0 amide bonds. The highest BCUT2D eigenvalue weighted by Crippen LogP contribution is 2.68. The molecule has 4 saturated carbocycles. The predicted molar refractivity (Wildman–Crippen MR) is 107 cm³/mol. The topological polar surface area (TPSA) is 141 Å². The van der Waals surface area contributed by atoms with E-state index in [-0.39, 0.29) is 42.1 Å². The lowest BCUT2D eigenvalue weighted by Gasteiger charge is -2.62. The van der Waals surface area contributed by atoms with Crippen LogP contribution in [0.25, 0.3) is 0 Å². The van der Waals surface area contributed by atoms with Crippen molar-refractivity contribution in [2.75, 3.05) is 6.61 Å². The molecule has 0 spiro atoms. The van der Waals surface area contributed by atoms with E-state index in [1.165, 1.54) is 0 Å². The van der Waals surface area contributed by atoms with Gasteiger partial charge >= 0.3 is 10.4 Å². The lowest BCUT2D eigenvalue weighted by Crippen LogP contribution is -2.63. The van der Waals surface area contributed by atoms with Gasteiger partial charge in [-0.25, -0.2) is 4.18 Å². The van der Waals surface area contributed by atoms with Gasteiger partial charge in [-0.15, -0.1) is 0 Å². The van der Waals surface area contributed by atoms with Crippen LogP contribution >= 0.6 is 0 Å². The van der Waals surface area contributed by atoms with Crippen molar-refractivity contribution in [3.05, 3.63) is 0 Å². The molecule has 172 valence electrons. The fraction of sp³-hybridized carbons (Fsp3) is 0.952. The standard InChI is InChI=1S/C21H34O8S/c1-19-7-5-13(22)9-12(19)3-4-14-15-6-8-21(25,17(24)11-29-30(26,27)28)20(15,2)10-16(23)18(14)19/h12-16,18,22-23,25H,3-11H2,1-2H3,(H,26,27,28)/t12-,13-,14+,15+,16+,18-,19+,20+,21+/m1/s1. The third-order valence-electron chi connectivity index (χ3n) is 9.52. The first-order valence-corrected chi connectivity index (χ1v) is 12.4. The number of hydrogen-bond donors (Lipinski definition) is 4. The molecule has 9 atom stereocenters. The number of aliphatic hydroxyl groups excluding tert-OH is 2. The molecule has 0 heterocycles. The van der Waals surface area contributed by atoms with E-state index in [0.717, 1.165) is 32.1 Å². The van der Waals surface area contributed by atoms with Crippen molar-refractivity contribution in [2.45, 2.75) is 83.0 Å². The molecule has 8 nitrogen and oxygen atoms in total. The molecule has 9 heteroatoms. The first-order chi connectivity index (χ1) is 13.8. The predicted octanol–water partition coefficient (Wildman–Crippen LogP) is 1.48. The zero-order valence-electron chi connectivity index (χ0n) is 17.7. The van der Waals surface area contributed by atoms with Crippen LogP contribution in [-0.4, -0.2) is 58.5 Å². The van der Waals surface area contributed by atoms with Crippen molar-refractivity contribution in [2.24, 2.45) is 34.5 Å². The zero-order valence-corrected chi connectivity index (χ0v) is 18.5. The Bertz CT molecular complexity index is 814. The van der Waals surface area contributed by atoms with Gasteiger partial charge in [-0.3, -0.25) is 9.35 Å². The summed E-state index contributed by atoms with van der Waals surface area (Å²) < 4.78 is 34.8. The van der Waals surface area contributed by atoms with Crippen LogP contribution in [0.4, 0.5) is 0 Å². The maximum Gasteiger partial charge on any atom is 0.397 e. The first-order valence-electron chi connectivity index (χ1n) is 11.1. The van der Waals surface area contributed by atoms with E-state index in [1.54, 1.807) is 0 Å². The number of Topliss-reactive ketones (excluding diaryl/α,β-unsaturated/α-hetero) is 1. The van der Waals surface area contributed by atoms with Crippen LogP contribution in [-0.2, 0) is 19.4 Å². The Kier molecular flexibility index (Phi) is 5.44. The van der Waals surface area contributed by atoms with Crippen LogP contribution in [0.1, 0.15) is 65.2 Å². The van der Waals surface area contributed by atoms with Gasteiger partial charge in [0.15, 0.2) is 5.78 Å². The second-order valence-electron chi connectivity index (χ2n) is 10.7. The fourth-order valence-corrected chi connectivity index (χ4v) is 8.33. The van der Waals surface area contributed by atoms with Crippen molar-refractivity contribution in [1.29, 1.82) is 0 Å². The molecule has 0 bridgehead atoms. The number of carbonyl (C=O) groups is 1. The van der Waals surface area contributed by atoms with Gasteiger partial charge in [-0.2, -0.15) is 8.42 Å². The van der Waals surface area contributed by atoms with Gasteiger partial charge in [0.25, 0.3) is 0 Å². The van der Waals surface area contributed by atoms with Crippen LogP contribution in [0.3, 0.4) is 0 Å². The zero-order chi connectivity index (χ0) is 22.1. The SMILES string of the molecule is C[C@]12CC[C@@H](O)C[C@H]1CC[C@@H]1[C@@H]2[C@@H](O)C[C@@]2(C)[C@H]1CC[C@]2(O)C(=O)COS(=O)(=O)O. The van der Waals surface area contributed by atoms with Crippen LogP contribution in [0.2, 0.25) is 0 Å². The molecule has 4 aliphatic rings. The average molecular weight is 447 g/mol. The molecule has 30 heavy (non-hydrogen) atoms. The summed E-state index contributed by atoms with van der Waals surface area (Å²) in [6.07, 6.45) is 4.35. The van der Waals surface area contributed by atoms with E-state index in [1.807, 2.05) is 6.92 Å². The van der Waals surface area contributed by atoms with E-state index in [0.29, 0.717) is 12.3 Å². The number of rotatable bonds is 4. The number of ketones is 1. The summed E-state index contributed by atoms with van der Waals surface area (Å²) in [6.45, 7) is 3.15. The van der Waals surface area contributed by atoms with Crippen LogP contribution in [0.5, 0.6) is 0 Å². The molecule has 4 aliphatic carbocycles. The number of aliphatic hydroxyl groups is 3. The largest absolute Gasteiger partial charge is 0.397 e. The van der Waals surface area contributed by atoms with E-state index < -0.39 is 39.9 Å². The number of fused-ring (bicyclic) bond motifs is 5. The molecule has 4 fully saturated rings. The first kappa shape index (κ1) is 22.6. The van der Waals surface area contributed by atoms with Crippen molar-refractivity contribution in [3.8, 4) is 0 Å². The Morgan fingerprint density at radius 3 is 2.47 bits per heavy atom. The van der Waals surface area contributed by atoms with Gasteiger partial charge in [-0.05, 0) is 80.5 Å². The third-order valence-corrected chi connectivity index (χ3v) is 9.94. The van der Waals surface area contributed by atoms with Crippen molar-refractivity contribution < 1.29 is 37.3 Å². The molecule has 4 N–H and O–H groups in total. The van der Waals surface area contributed by atoms with Gasteiger partial charge in [0.05, 0.1) is 12.2 Å². The quantitative estimate of drug-likeness (QED) is 0.476. The smallest absolute Gasteiger partial charge is 0.393 e. The molecule has 0 unspecified atom stereocenters. The maximum absolute atomic E-state index is 12.8. The van der Waals surface area contributed by atoms with Gasteiger partial charge in [0, 0.05) is 5.41 Å². The van der Waals surface area contributed by atoms with E-state index >= 15 is 0 Å². The summed E-state index contributed by atoms with van der Waals surface area (Å²) in [5.41, 5.74) is -2.75. The molecule has 0 aromatic carbocycles. The van der Waals surface area contributed by atoms with Crippen molar-refractivity contribution in [3.63, 3.8) is 0 Å². The normalized spacial score (nSPS) is 51.0. The summed E-state index contributed by atoms with van der Waals surface area (Å²) in [6, 6.07) is 0. The Morgan fingerprint density at radius 2 is 1.80 bits per heavy atom. The molecule has 0 aromatic heterocycles. The highest BCUT2D eigenvalue weighted by Gasteiger charge is 2.68. The molecule has 4 rings (SSSR count). The van der Waals surface area contributed by atoms with Gasteiger partial charge in [0.2, 0.25) is 0 Å². The minimum absolute atomic E-state index is 0.0372. The lowest BCUT2D eigenvalue weighted by atomic mass is 9.43. The Morgan fingerprint density at radius 1 is 1.10 bits per heavy atom. The summed E-state index contributed by atoms with van der Waals surface area (Å²) in [7, 11) is -4.78. The summed E-state index contributed by atoms with van der Waals surface area (Å²) in [4.78, 5) is 12.8. The lowest BCUT2D eigenvalue weighted by molar-refractivity contribution is -0.202. The maximum atomic E-state index is 12.8. The molecule has 0 aliphatic heterocycles. The third kappa shape index (κ3) is 3.28. The number of hydrogen-bond acceptors (Lipinski definition) is 7.